The zero-order valence-corrected chi connectivity index (χ0v) is 11.6. The molecule has 0 spiro atoms. The van der Waals surface area contributed by atoms with E-state index in [4.69, 9.17) is 0 Å². The minimum atomic E-state index is -0.308. The highest BCUT2D eigenvalue weighted by molar-refractivity contribution is 5.65. The zero-order chi connectivity index (χ0) is 13.7. The third-order valence-electron chi connectivity index (χ3n) is 3.56. The second-order valence-electron chi connectivity index (χ2n) is 4.74. The van der Waals surface area contributed by atoms with Crippen molar-refractivity contribution in [1.82, 2.24) is 0 Å². The fourth-order valence-electron chi connectivity index (χ4n) is 2.38. The number of anilines is 1. The maximum atomic E-state index is 11.1. The largest absolute Gasteiger partial charge is 0.377 e. The summed E-state index contributed by atoms with van der Waals surface area (Å²) in [6.45, 7) is 8.16. The minimum Gasteiger partial charge on any atom is -0.377 e. The summed E-state index contributed by atoms with van der Waals surface area (Å²) in [5, 5.41) is 14.4. The van der Waals surface area contributed by atoms with Gasteiger partial charge in [-0.3, -0.25) is 10.1 Å². The molecule has 4 heteroatoms. The van der Waals surface area contributed by atoms with Crippen LogP contribution in [0.2, 0.25) is 0 Å². The Morgan fingerprint density at radius 3 is 2.44 bits per heavy atom. The number of rotatable bonds is 6. The quantitative estimate of drug-likeness (QED) is 0.609. The Labute approximate surface area is 109 Å². The fourth-order valence-corrected chi connectivity index (χ4v) is 2.38. The van der Waals surface area contributed by atoms with Gasteiger partial charge in [-0.05, 0) is 25.8 Å². The van der Waals surface area contributed by atoms with Gasteiger partial charge in [-0.1, -0.05) is 38.8 Å². The molecule has 1 aromatic rings. The number of para-hydroxylation sites is 1. The van der Waals surface area contributed by atoms with Gasteiger partial charge in [-0.25, -0.2) is 0 Å². The van der Waals surface area contributed by atoms with Crippen LogP contribution in [0.4, 0.5) is 11.4 Å². The lowest BCUT2D eigenvalue weighted by Gasteiger charge is -2.23. The van der Waals surface area contributed by atoms with Crippen LogP contribution < -0.4 is 5.32 Å². The molecule has 0 aromatic heterocycles. The van der Waals surface area contributed by atoms with Crippen LogP contribution in [0, 0.1) is 23.0 Å². The number of nitrogens with one attached hydrogen (secondary N) is 1. The summed E-state index contributed by atoms with van der Waals surface area (Å²) in [6.07, 6.45) is 2.15. The number of nitro groups is 1. The van der Waals surface area contributed by atoms with Crippen LogP contribution >= 0.6 is 0 Å². The molecule has 18 heavy (non-hydrogen) atoms. The standard InChI is InChI=1S/C14H22N2O2/c1-5-12(6-2)11(4)15-13-9-7-8-10(3)14(13)16(17)18/h7-9,11-12,15H,5-6H2,1-4H3. The zero-order valence-electron chi connectivity index (χ0n) is 11.6. The Morgan fingerprint density at radius 2 is 1.94 bits per heavy atom. The smallest absolute Gasteiger partial charge is 0.295 e. The Balaban J connectivity index is 2.97. The molecule has 0 saturated heterocycles. The van der Waals surface area contributed by atoms with Crippen LogP contribution in [0.15, 0.2) is 18.2 Å². The minimum absolute atomic E-state index is 0.190. The first-order valence-corrected chi connectivity index (χ1v) is 6.51. The lowest BCUT2D eigenvalue weighted by Crippen LogP contribution is -2.25. The molecule has 0 aliphatic carbocycles. The van der Waals surface area contributed by atoms with Crippen molar-refractivity contribution < 1.29 is 4.92 Å². The predicted octanol–water partition coefficient (Wildman–Crippen LogP) is 4.14. The van der Waals surface area contributed by atoms with Gasteiger partial charge in [0, 0.05) is 11.6 Å². The molecule has 0 heterocycles. The SMILES string of the molecule is CCC(CC)C(C)Nc1cccc(C)c1[N+](=O)[O-]. The van der Waals surface area contributed by atoms with Gasteiger partial charge in [0.05, 0.1) is 4.92 Å². The van der Waals surface area contributed by atoms with Gasteiger partial charge in [-0.2, -0.15) is 0 Å². The molecule has 0 bridgehead atoms. The molecular formula is C14H22N2O2. The maximum absolute atomic E-state index is 11.1. The second kappa shape index (κ2) is 6.38. The Bertz CT molecular complexity index is 414. The second-order valence-corrected chi connectivity index (χ2v) is 4.74. The molecule has 1 unspecified atom stereocenters. The van der Waals surface area contributed by atoms with E-state index in [2.05, 4.69) is 26.1 Å². The van der Waals surface area contributed by atoms with Gasteiger partial charge in [0.15, 0.2) is 0 Å². The van der Waals surface area contributed by atoms with Crippen LogP contribution in [0.5, 0.6) is 0 Å². The molecule has 0 aliphatic heterocycles. The van der Waals surface area contributed by atoms with E-state index in [0.717, 1.165) is 12.8 Å². The van der Waals surface area contributed by atoms with E-state index >= 15 is 0 Å². The van der Waals surface area contributed by atoms with Gasteiger partial charge in [-0.15, -0.1) is 0 Å². The van der Waals surface area contributed by atoms with Crippen molar-refractivity contribution >= 4 is 11.4 Å². The number of hydrogen-bond acceptors (Lipinski definition) is 3. The lowest BCUT2D eigenvalue weighted by atomic mass is 9.95. The summed E-state index contributed by atoms with van der Waals surface area (Å²) in [6, 6.07) is 5.64. The summed E-state index contributed by atoms with van der Waals surface area (Å²) in [5.74, 6) is 0.533. The average Bonchev–Trinajstić information content (AvgIpc) is 2.30. The van der Waals surface area contributed by atoms with Crippen LogP contribution in [0.3, 0.4) is 0 Å². The number of hydrogen-bond donors (Lipinski definition) is 1. The highest BCUT2D eigenvalue weighted by atomic mass is 16.6. The lowest BCUT2D eigenvalue weighted by molar-refractivity contribution is -0.384. The molecule has 0 fully saturated rings. The van der Waals surface area contributed by atoms with Crippen molar-refractivity contribution in [1.29, 1.82) is 0 Å². The van der Waals surface area contributed by atoms with Gasteiger partial charge in [0.1, 0.15) is 5.69 Å². The molecule has 4 nitrogen and oxygen atoms in total. The summed E-state index contributed by atoms with van der Waals surface area (Å²) < 4.78 is 0. The van der Waals surface area contributed by atoms with E-state index < -0.39 is 0 Å². The third kappa shape index (κ3) is 3.22. The summed E-state index contributed by atoms with van der Waals surface area (Å²) in [4.78, 5) is 10.8. The first kappa shape index (κ1) is 14.5. The topological polar surface area (TPSA) is 55.2 Å². The molecular weight excluding hydrogens is 228 g/mol. The van der Waals surface area contributed by atoms with Crippen LogP contribution in [-0.2, 0) is 0 Å². The Kier molecular flexibility index (Phi) is 5.13. The van der Waals surface area contributed by atoms with E-state index in [1.54, 1.807) is 19.1 Å². The third-order valence-corrected chi connectivity index (χ3v) is 3.56. The molecule has 1 rings (SSSR count). The van der Waals surface area contributed by atoms with E-state index in [-0.39, 0.29) is 16.7 Å². The van der Waals surface area contributed by atoms with Crippen molar-refractivity contribution in [3.8, 4) is 0 Å². The average molecular weight is 250 g/mol. The summed E-state index contributed by atoms with van der Waals surface area (Å²) in [5.41, 5.74) is 1.51. The molecule has 0 amide bonds. The molecule has 1 N–H and O–H groups in total. The van der Waals surface area contributed by atoms with E-state index in [9.17, 15) is 10.1 Å². The number of benzene rings is 1. The monoisotopic (exact) mass is 250 g/mol. The summed E-state index contributed by atoms with van der Waals surface area (Å²) >= 11 is 0. The van der Waals surface area contributed by atoms with Gasteiger partial charge >= 0.3 is 0 Å². The van der Waals surface area contributed by atoms with Crippen LogP contribution in [0.1, 0.15) is 39.2 Å². The Hall–Kier alpha value is -1.58. The number of nitro benzene ring substituents is 1. The van der Waals surface area contributed by atoms with Crippen LogP contribution in [-0.4, -0.2) is 11.0 Å². The molecule has 0 saturated carbocycles. The first-order valence-electron chi connectivity index (χ1n) is 6.51. The van der Waals surface area contributed by atoms with Crippen molar-refractivity contribution in [2.45, 2.75) is 46.6 Å². The highest BCUT2D eigenvalue weighted by Gasteiger charge is 2.20. The highest BCUT2D eigenvalue weighted by Crippen LogP contribution is 2.29. The predicted molar refractivity (Wildman–Crippen MR) is 75.0 cm³/mol. The molecule has 0 aliphatic rings. The van der Waals surface area contributed by atoms with Crippen molar-refractivity contribution in [3.63, 3.8) is 0 Å². The van der Waals surface area contributed by atoms with Crippen molar-refractivity contribution in [3.05, 3.63) is 33.9 Å². The van der Waals surface area contributed by atoms with E-state index in [1.807, 2.05) is 6.07 Å². The molecule has 1 atom stereocenters. The van der Waals surface area contributed by atoms with Crippen LogP contribution in [0.25, 0.3) is 0 Å². The van der Waals surface area contributed by atoms with Crippen molar-refractivity contribution in [2.75, 3.05) is 5.32 Å². The molecule has 100 valence electrons. The number of aryl methyl sites for hydroxylation is 1. The maximum Gasteiger partial charge on any atom is 0.295 e. The molecule has 0 radical (unpaired) electrons. The van der Waals surface area contributed by atoms with Gasteiger partial charge in [0.2, 0.25) is 0 Å². The van der Waals surface area contributed by atoms with Gasteiger partial charge in [0.25, 0.3) is 5.69 Å². The molecule has 1 aromatic carbocycles. The normalized spacial score (nSPS) is 12.5. The van der Waals surface area contributed by atoms with Gasteiger partial charge < -0.3 is 5.32 Å². The summed E-state index contributed by atoms with van der Waals surface area (Å²) in [7, 11) is 0. The number of nitrogens with zero attached hydrogens (tertiary/aromatic N) is 1. The van der Waals surface area contributed by atoms with Crippen molar-refractivity contribution in [2.24, 2.45) is 5.92 Å². The first-order chi connectivity index (χ1) is 8.51. The fraction of sp³-hybridized carbons (Fsp3) is 0.571. The Morgan fingerprint density at radius 1 is 1.33 bits per heavy atom. The van der Waals surface area contributed by atoms with E-state index in [0.29, 0.717) is 17.2 Å². The van der Waals surface area contributed by atoms with E-state index in [1.165, 1.54) is 0 Å².